The first kappa shape index (κ1) is 7.44. The summed E-state index contributed by atoms with van der Waals surface area (Å²) in [6, 6.07) is 0. The van der Waals surface area contributed by atoms with Crippen LogP contribution < -0.4 is 5.73 Å². The van der Waals surface area contributed by atoms with Gasteiger partial charge in [-0.25, -0.2) is 0 Å². The minimum absolute atomic E-state index is 1.09. The SMILES string of the molecule is [NH3+]CCCCCBr. The van der Waals surface area contributed by atoms with Crippen molar-refractivity contribution >= 4 is 15.9 Å². The molecule has 0 rings (SSSR count). The minimum atomic E-state index is 1.09. The Morgan fingerprint density at radius 3 is 2.29 bits per heavy atom. The van der Waals surface area contributed by atoms with Crippen LogP contribution in [-0.2, 0) is 0 Å². The van der Waals surface area contributed by atoms with Crippen molar-refractivity contribution in [1.82, 2.24) is 0 Å². The summed E-state index contributed by atoms with van der Waals surface area (Å²) in [4.78, 5) is 0. The fourth-order valence-electron chi connectivity index (χ4n) is 0.448. The summed E-state index contributed by atoms with van der Waals surface area (Å²) >= 11 is 3.36. The van der Waals surface area contributed by atoms with E-state index in [1.165, 1.54) is 19.3 Å². The molecular weight excluding hydrogens is 154 g/mol. The normalized spacial score (nSPS) is 9.43. The lowest BCUT2D eigenvalue weighted by Crippen LogP contribution is -2.50. The molecule has 0 aromatic heterocycles. The van der Waals surface area contributed by atoms with E-state index >= 15 is 0 Å². The number of hydrogen-bond donors (Lipinski definition) is 1. The Morgan fingerprint density at radius 1 is 1.14 bits per heavy atom. The van der Waals surface area contributed by atoms with Gasteiger partial charge in [0.2, 0.25) is 0 Å². The Labute approximate surface area is 53.4 Å². The van der Waals surface area contributed by atoms with Gasteiger partial charge in [0.1, 0.15) is 0 Å². The van der Waals surface area contributed by atoms with Crippen molar-refractivity contribution in [2.75, 3.05) is 11.9 Å². The maximum atomic E-state index is 3.74. The van der Waals surface area contributed by atoms with Gasteiger partial charge in [-0.3, -0.25) is 0 Å². The molecule has 0 fully saturated rings. The van der Waals surface area contributed by atoms with Gasteiger partial charge in [-0.15, -0.1) is 0 Å². The minimum Gasteiger partial charge on any atom is -0.358 e. The number of quaternary nitrogens is 1. The van der Waals surface area contributed by atoms with Crippen molar-refractivity contribution in [3.05, 3.63) is 0 Å². The Kier molecular flexibility index (Phi) is 6.84. The summed E-state index contributed by atoms with van der Waals surface area (Å²) in [5.74, 6) is 0. The van der Waals surface area contributed by atoms with Gasteiger partial charge in [0, 0.05) is 5.33 Å². The molecule has 0 heterocycles. The van der Waals surface area contributed by atoms with Crippen LogP contribution >= 0.6 is 15.9 Å². The molecule has 3 N–H and O–H groups in total. The molecule has 7 heavy (non-hydrogen) atoms. The monoisotopic (exact) mass is 166 g/mol. The molecule has 0 amide bonds. The lowest BCUT2D eigenvalue weighted by molar-refractivity contribution is -0.368. The largest absolute Gasteiger partial charge is 0.358 e. The highest BCUT2D eigenvalue weighted by molar-refractivity contribution is 9.09. The van der Waals surface area contributed by atoms with Gasteiger partial charge >= 0.3 is 0 Å². The maximum Gasteiger partial charge on any atom is 0.0739 e. The fourth-order valence-corrected chi connectivity index (χ4v) is 0.845. The summed E-state index contributed by atoms with van der Waals surface area (Å²) in [5, 5.41) is 1.15. The molecule has 0 spiro atoms. The Hall–Kier alpha value is 0.440. The predicted molar refractivity (Wildman–Crippen MR) is 35.4 cm³/mol. The summed E-state index contributed by atoms with van der Waals surface area (Å²) in [5.41, 5.74) is 3.74. The van der Waals surface area contributed by atoms with Crippen LogP contribution in [0.5, 0.6) is 0 Å². The van der Waals surface area contributed by atoms with Crippen LogP contribution in [0.4, 0.5) is 0 Å². The average molecular weight is 167 g/mol. The summed E-state index contributed by atoms with van der Waals surface area (Å²) in [7, 11) is 0. The smallest absolute Gasteiger partial charge is 0.0739 e. The summed E-state index contributed by atoms with van der Waals surface area (Å²) in [6.07, 6.45) is 3.91. The van der Waals surface area contributed by atoms with Gasteiger partial charge < -0.3 is 5.73 Å². The van der Waals surface area contributed by atoms with Crippen LogP contribution in [0.3, 0.4) is 0 Å². The molecule has 0 saturated carbocycles. The van der Waals surface area contributed by atoms with Gasteiger partial charge in [-0.2, -0.15) is 0 Å². The molecule has 0 saturated heterocycles. The van der Waals surface area contributed by atoms with E-state index in [-0.39, 0.29) is 0 Å². The van der Waals surface area contributed by atoms with Crippen LogP contribution in [0.1, 0.15) is 19.3 Å². The Morgan fingerprint density at radius 2 is 1.86 bits per heavy atom. The molecule has 0 aliphatic carbocycles. The zero-order valence-corrected chi connectivity index (χ0v) is 6.21. The molecule has 0 radical (unpaired) electrons. The number of rotatable bonds is 4. The molecule has 0 aliphatic rings. The van der Waals surface area contributed by atoms with E-state index in [1.807, 2.05) is 0 Å². The highest BCUT2D eigenvalue weighted by Crippen LogP contribution is 1.95. The second kappa shape index (κ2) is 6.44. The van der Waals surface area contributed by atoms with E-state index in [1.54, 1.807) is 0 Å². The van der Waals surface area contributed by atoms with Crippen LogP contribution in [0.15, 0.2) is 0 Å². The van der Waals surface area contributed by atoms with Gasteiger partial charge in [0.05, 0.1) is 6.54 Å². The molecule has 0 aliphatic heterocycles. The van der Waals surface area contributed by atoms with Crippen LogP contribution in [0.25, 0.3) is 0 Å². The van der Waals surface area contributed by atoms with Crippen molar-refractivity contribution in [2.24, 2.45) is 0 Å². The van der Waals surface area contributed by atoms with E-state index in [9.17, 15) is 0 Å². The van der Waals surface area contributed by atoms with E-state index in [0.717, 1.165) is 11.9 Å². The highest BCUT2D eigenvalue weighted by Gasteiger charge is 1.82. The first-order chi connectivity index (χ1) is 3.41. The zero-order valence-electron chi connectivity index (χ0n) is 4.62. The van der Waals surface area contributed by atoms with Crippen molar-refractivity contribution in [3.8, 4) is 0 Å². The molecule has 0 unspecified atom stereocenters. The number of alkyl halides is 1. The van der Waals surface area contributed by atoms with E-state index in [0.29, 0.717) is 0 Å². The second-order valence-corrected chi connectivity index (χ2v) is 2.40. The molecule has 44 valence electrons. The van der Waals surface area contributed by atoms with E-state index < -0.39 is 0 Å². The standard InChI is InChI=1S/C5H12BrN/c6-4-2-1-3-5-7/h1-5,7H2/p+1. The average Bonchev–Trinajstić information content (AvgIpc) is 1.69. The lowest BCUT2D eigenvalue weighted by atomic mass is 10.3. The molecule has 0 aromatic rings. The molecular formula is C5H13BrN+. The lowest BCUT2D eigenvalue weighted by Gasteiger charge is -1.88. The second-order valence-electron chi connectivity index (χ2n) is 1.60. The Balaban J connectivity index is 2.45. The van der Waals surface area contributed by atoms with Crippen molar-refractivity contribution in [3.63, 3.8) is 0 Å². The number of halogens is 1. The van der Waals surface area contributed by atoms with Gasteiger partial charge in [-0.05, 0) is 19.3 Å². The first-order valence-electron chi connectivity index (χ1n) is 2.77. The predicted octanol–water partition coefficient (Wildman–Crippen LogP) is 0.793. The quantitative estimate of drug-likeness (QED) is 0.473. The maximum absolute atomic E-state index is 3.74. The third-order valence-corrected chi connectivity index (χ3v) is 1.44. The fraction of sp³-hybridized carbons (Fsp3) is 1.00. The van der Waals surface area contributed by atoms with Gasteiger partial charge in [-0.1, -0.05) is 15.9 Å². The summed E-state index contributed by atoms with van der Waals surface area (Å²) in [6.45, 7) is 1.09. The highest BCUT2D eigenvalue weighted by atomic mass is 79.9. The third-order valence-electron chi connectivity index (χ3n) is 0.884. The van der Waals surface area contributed by atoms with E-state index in [2.05, 4.69) is 21.7 Å². The molecule has 0 atom stereocenters. The first-order valence-corrected chi connectivity index (χ1v) is 3.89. The van der Waals surface area contributed by atoms with Crippen LogP contribution in [-0.4, -0.2) is 11.9 Å². The molecule has 1 nitrogen and oxygen atoms in total. The third kappa shape index (κ3) is 6.44. The summed E-state index contributed by atoms with van der Waals surface area (Å²) < 4.78 is 0. The molecule has 0 bridgehead atoms. The number of hydrogen-bond acceptors (Lipinski definition) is 0. The van der Waals surface area contributed by atoms with Gasteiger partial charge in [0.15, 0.2) is 0 Å². The topological polar surface area (TPSA) is 27.6 Å². The van der Waals surface area contributed by atoms with Crippen molar-refractivity contribution < 1.29 is 5.73 Å². The van der Waals surface area contributed by atoms with Crippen LogP contribution in [0.2, 0.25) is 0 Å². The zero-order chi connectivity index (χ0) is 5.54. The van der Waals surface area contributed by atoms with Crippen molar-refractivity contribution in [2.45, 2.75) is 19.3 Å². The van der Waals surface area contributed by atoms with E-state index in [4.69, 9.17) is 0 Å². The van der Waals surface area contributed by atoms with Crippen molar-refractivity contribution in [1.29, 1.82) is 0 Å². The van der Waals surface area contributed by atoms with Crippen LogP contribution in [0, 0.1) is 0 Å². The van der Waals surface area contributed by atoms with Gasteiger partial charge in [0.25, 0.3) is 0 Å². The molecule has 2 heteroatoms. The number of unbranched alkanes of at least 4 members (excludes halogenated alkanes) is 2. The Bertz CT molecular complexity index is 27.3. The molecule has 0 aromatic carbocycles.